The van der Waals surface area contributed by atoms with Gasteiger partial charge in [-0.3, -0.25) is 4.79 Å². The summed E-state index contributed by atoms with van der Waals surface area (Å²) in [4.78, 5) is 26.7. The van der Waals surface area contributed by atoms with Gasteiger partial charge in [-0.15, -0.1) is 0 Å². The van der Waals surface area contributed by atoms with Gasteiger partial charge in [0, 0.05) is 23.8 Å². The number of halogens is 1. The first-order valence-corrected chi connectivity index (χ1v) is 9.64. The highest BCUT2D eigenvalue weighted by Gasteiger charge is 2.25. The molecular formula is C21H24ClN3O4. The fraction of sp³-hybridized carbons (Fsp3) is 0.333. The number of urea groups is 1. The van der Waals surface area contributed by atoms with E-state index in [1.54, 1.807) is 50.3 Å². The number of ether oxygens (including phenoxy) is 2. The summed E-state index contributed by atoms with van der Waals surface area (Å²) in [7, 11) is 3.18. The van der Waals surface area contributed by atoms with Crippen molar-refractivity contribution in [3.8, 4) is 11.5 Å². The van der Waals surface area contributed by atoms with Crippen LogP contribution in [0.25, 0.3) is 0 Å². The second-order valence-corrected chi connectivity index (χ2v) is 7.25. The standard InChI is InChI=1S/C21H24ClN3O4/c1-13(20(26)24-17-6-4-5-16(22)11-17)23-21(27)25-8-7-14-9-18(28-2)19(29-3)10-15(14)12-25/h4-6,9-11,13H,7-8,12H2,1-3H3,(H,23,27)(H,24,26). The van der Waals surface area contributed by atoms with Crippen LogP contribution in [0.15, 0.2) is 36.4 Å². The van der Waals surface area contributed by atoms with Crippen LogP contribution in [-0.2, 0) is 17.8 Å². The Bertz CT molecular complexity index is 919. The summed E-state index contributed by atoms with van der Waals surface area (Å²) in [5.41, 5.74) is 2.70. The van der Waals surface area contributed by atoms with Crippen LogP contribution in [0.5, 0.6) is 11.5 Å². The van der Waals surface area contributed by atoms with E-state index in [2.05, 4.69) is 10.6 Å². The van der Waals surface area contributed by atoms with E-state index in [-0.39, 0.29) is 11.9 Å². The van der Waals surface area contributed by atoms with Crippen LogP contribution in [0.1, 0.15) is 18.1 Å². The number of benzene rings is 2. The second-order valence-electron chi connectivity index (χ2n) is 6.82. The topological polar surface area (TPSA) is 79.9 Å². The van der Waals surface area contributed by atoms with E-state index in [0.717, 1.165) is 11.1 Å². The van der Waals surface area contributed by atoms with Crippen molar-refractivity contribution in [3.63, 3.8) is 0 Å². The Balaban J connectivity index is 1.62. The number of rotatable bonds is 5. The fourth-order valence-corrected chi connectivity index (χ4v) is 3.41. The lowest BCUT2D eigenvalue weighted by molar-refractivity contribution is -0.117. The molecule has 1 heterocycles. The maximum atomic E-state index is 12.7. The normalized spacial score (nSPS) is 13.9. The van der Waals surface area contributed by atoms with Gasteiger partial charge in [-0.1, -0.05) is 17.7 Å². The summed E-state index contributed by atoms with van der Waals surface area (Å²) in [6, 6.07) is 9.70. The van der Waals surface area contributed by atoms with Crippen LogP contribution >= 0.6 is 11.6 Å². The zero-order valence-electron chi connectivity index (χ0n) is 16.6. The SMILES string of the molecule is COc1cc2c(cc1OC)CN(C(=O)NC(C)C(=O)Nc1cccc(Cl)c1)CC2. The lowest BCUT2D eigenvalue weighted by Crippen LogP contribution is -2.49. The van der Waals surface area contributed by atoms with Gasteiger partial charge < -0.3 is 25.0 Å². The van der Waals surface area contributed by atoms with Gasteiger partial charge in [0.25, 0.3) is 0 Å². The van der Waals surface area contributed by atoms with Gasteiger partial charge in [0.2, 0.25) is 5.91 Å². The highest BCUT2D eigenvalue weighted by molar-refractivity contribution is 6.30. The van der Waals surface area contributed by atoms with E-state index in [1.165, 1.54) is 0 Å². The van der Waals surface area contributed by atoms with Crippen molar-refractivity contribution < 1.29 is 19.1 Å². The highest BCUT2D eigenvalue weighted by atomic mass is 35.5. The lowest BCUT2D eigenvalue weighted by Gasteiger charge is -2.30. The average Bonchev–Trinajstić information content (AvgIpc) is 2.72. The predicted molar refractivity (Wildman–Crippen MR) is 112 cm³/mol. The van der Waals surface area contributed by atoms with E-state index >= 15 is 0 Å². The summed E-state index contributed by atoms with van der Waals surface area (Å²) in [6.07, 6.45) is 0.701. The minimum absolute atomic E-state index is 0.292. The average molecular weight is 418 g/mol. The molecule has 3 amide bonds. The molecule has 0 fully saturated rings. The van der Waals surface area contributed by atoms with Crippen LogP contribution in [0.4, 0.5) is 10.5 Å². The quantitative estimate of drug-likeness (QED) is 0.780. The van der Waals surface area contributed by atoms with Crippen molar-refractivity contribution in [1.82, 2.24) is 10.2 Å². The number of hydrogen-bond donors (Lipinski definition) is 2. The Kier molecular flexibility index (Phi) is 6.49. The number of hydrogen-bond acceptors (Lipinski definition) is 4. The van der Waals surface area contributed by atoms with Crippen molar-refractivity contribution >= 4 is 29.2 Å². The Morgan fingerprint density at radius 3 is 2.45 bits per heavy atom. The number of carbonyl (C=O) groups is 2. The number of anilines is 1. The van der Waals surface area contributed by atoms with Crippen molar-refractivity contribution in [3.05, 3.63) is 52.5 Å². The number of nitrogens with zero attached hydrogens (tertiary/aromatic N) is 1. The highest BCUT2D eigenvalue weighted by Crippen LogP contribution is 2.33. The molecule has 2 aromatic carbocycles. The van der Waals surface area contributed by atoms with Crippen molar-refractivity contribution in [1.29, 1.82) is 0 Å². The molecule has 0 saturated carbocycles. The molecule has 154 valence electrons. The molecule has 0 bridgehead atoms. The van der Waals surface area contributed by atoms with E-state index in [4.69, 9.17) is 21.1 Å². The summed E-state index contributed by atoms with van der Waals surface area (Å²) in [6.45, 7) is 2.63. The smallest absolute Gasteiger partial charge is 0.318 e. The van der Waals surface area contributed by atoms with Crippen LogP contribution in [0.3, 0.4) is 0 Å². The third-order valence-corrected chi connectivity index (χ3v) is 5.07. The monoisotopic (exact) mass is 417 g/mol. The van der Waals surface area contributed by atoms with E-state index < -0.39 is 6.04 Å². The third-order valence-electron chi connectivity index (χ3n) is 4.83. The van der Waals surface area contributed by atoms with E-state index in [1.807, 2.05) is 12.1 Å². The number of fused-ring (bicyclic) bond motifs is 1. The number of methoxy groups -OCH3 is 2. The maximum Gasteiger partial charge on any atom is 0.318 e. The molecule has 0 spiro atoms. The maximum absolute atomic E-state index is 12.7. The molecule has 1 unspecified atom stereocenters. The molecule has 7 nitrogen and oxygen atoms in total. The molecule has 1 aliphatic rings. The van der Waals surface area contributed by atoms with Gasteiger partial charge in [0.1, 0.15) is 6.04 Å². The summed E-state index contributed by atoms with van der Waals surface area (Å²) >= 11 is 5.93. The molecule has 29 heavy (non-hydrogen) atoms. The summed E-state index contributed by atoms with van der Waals surface area (Å²) < 4.78 is 10.7. The zero-order chi connectivity index (χ0) is 21.0. The molecular weight excluding hydrogens is 394 g/mol. The van der Waals surface area contributed by atoms with Crippen molar-refractivity contribution in [2.24, 2.45) is 0 Å². The molecule has 1 aliphatic heterocycles. The van der Waals surface area contributed by atoms with Gasteiger partial charge in [-0.25, -0.2) is 4.79 Å². The molecule has 0 radical (unpaired) electrons. The zero-order valence-corrected chi connectivity index (χ0v) is 17.4. The molecule has 8 heteroatoms. The predicted octanol–water partition coefficient (Wildman–Crippen LogP) is 3.45. The Hall–Kier alpha value is -2.93. The Morgan fingerprint density at radius 2 is 1.79 bits per heavy atom. The molecule has 0 saturated heterocycles. The number of nitrogens with one attached hydrogen (secondary N) is 2. The van der Waals surface area contributed by atoms with Gasteiger partial charge in [-0.05, 0) is 54.8 Å². The molecule has 0 aliphatic carbocycles. The van der Waals surface area contributed by atoms with Crippen molar-refractivity contribution in [2.45, 2.75) is 25.9 Å². The molecule has 0 aromatic heterocycles. The molecule has 2 aromatic rings. The van der Waals surface area contributed by atoms with Gasteiger partial charge >= 0.3 is 6.03 Å². The molecule has 3 rings (SSSR count). The summed E-state index contributed by atoms with van der Waals surface area (Å²) in [5, 5.41) is 6.03. The minimum atomic E-state index is -0.701. The van der Waals surface area contributed by atoms with E-state index in [0.29, 0.717) is 41.7 Å². The molecule has 2 N–H and O–H groups in total. The third kappa shape index (κ3) is 4.92. The first-order valence-electron chi connectivity index (χ1n) is 9.27. The fourth-order valence-electron chi connectivity index (χ4n) is 3.22. The van der Waals surface area contributed by atoms with Crippen molar-refractivity contribution in [2.75, 3.05) is 26.1 Å². The van der Waals surface area contributed by atoms with Crippen LogP contribution in [0, 0.1) is 0 Å². The van der Waals surface area contributed by atoms with Gasteiger partial charge in [0.15, 0.2) is 11.5 Å². The summed E-state index contributed by atoms with van der Waals surface area (Å²) in [5.74, 6) is 0.989. The lowest BCUT2D eigenvalue weighted by atomic mass is 9.99. The number of amides is 3. The van der Waals surface area contributed by atoms with Gasteiger partial charge in [-0.2, -0.15) is 0 Å². The first-order chi connectivity index (χ1) is 13.9. The Morgan fingerprint density at radius 1 is 1.10 bits per heavy atom. The van der Waals surface area contributed by atoms with Crippen LogP contribution < -0.4 is 20.1 Å². The second kappa shape index (κ2) is 9.05. The largest absolute Gasteiger partial charge is 0.493 e. The minimum Gasteiger partial charge on any atom is -0.493 e. The Labute approximate surface area is 174 Å². The van der Waals surface area contributed by atoms with E-state index in [9.17, 15) is 9.59 Å². The number of carbonyl (C=O) groups excluding carboxylic acids is 2. The van der Waals surface area contributed by atoms with Crippen LogP contribution in [-0.4, -0.2) is 43.6 Å². The van der Waals surface area contributed by atoms with Gasteiger partial charge in [0.05, 0.1) is 14.2 Å². The first kappa shape index (κ1) is 20.8. The van der Waals surface area contributed by atoms with Crippen LogP contribution in [0.2, 0.25) is 5.02 Å². The molecule has 1 atom stereocenters.